The Kier molecular flexibility index (Phi) is 6.54. The van der Waals surface area contributed by atoms with Crippen molar-refractivity contribution in [3.05, 3.63) is 65.4 Å². The fourth-order valence-electron chi connectivity index (χ4n) is 2.76. The van der Waals surface area contributed by atoms with Crippen molar-refractivity contribution in [2.45, 2.75) is 19.3 Å². The molecule has 5 nitrogen and oxygen atoms in total. The normalized spacial score (nSPS) is 10.6. The van der Waals surface area contributed by atoms with Gasteiger partial charge in [0.15, 0.2) is 0 Å². The van der Waals surface area contributed by atoms with Crippen molar-refractivity contribution in [2.75, 3.05) is 20.7 Å². The minimum atomic E-state index is 0.135. The van der Waals surface area contributed by atoms with E-state index in [1.807, 2.05) is 48.8 Å². The summed E-state index contributed by atoms with van der Waals surface area (Å²) in [5.74, 6) is 0.946. The standard InChI is InChI=1S/C21H23N3O2S/c1-24(14-11-16-9-12-22-13-10-16)20(25)8-7-17-15-27-21(23-17)18-5-3-4-6-19(18)26-2/h3-6,9-10,12-13,15H,7-8,11,14H2,1-2H3. The summed E-state index contributed by atoms with van der Waals surface area (Å²) in [4.78, 5) is 22.9. The smallest absolute Gasteiger partial charge is 0.222 e. The van der Waals surface area contributed by atoms with Crippen molar-refractivity contribution in [3.8, 4) is 16.3 Å². The molecule has 0 bridgehead atoms. The van der Waals surface area contributed by atoms with E-state index in [2.05, 4.69) is 9.97 Å². The number of para-hydroxylation sites is 1. The number of ether oxygens (including phenoxy) is 1. The number of carbonyl (C=O) groups is 1. The number of likely N-dealkylation sites (N-methyl/N-ethyl adjacent to an activating group) is 1. The Morgan fingerprint density at radius 1 is 1.15 bits per heavy atom. The fraction of sp³-hybridized carbons (Fsp3) is 0.286. The molecule has 0 spiro atoms. The molecule has 3 aromatic rings. The van der Waals surface area contributed by atoms with Crippen molar-refractivity contribution in [3.63, 3.8) is 0 Å². The molecule has 3 rings (SSSR count). The molecule has 6 heteroatoms. The van der Waals surface area contributed by atoms with Gasteiger partial charge in [0.05, 0.1) is 18.4 Å². The number of amides is 1. The van der Waals surface area contributed by atoms with Gasteiger partial charge in [-0.3, -0.25) is 9.78 Å². The number of nitrogens with zero attached hydrogens (tertiary/aromatic N) is 3. The maximum absolute atomic E-state index is 12.4. The van der Waals surface area contributed by atoms with E-state index in [1.54, 1.807) is 35.7 Å². The van der Waals surface area contributed by atoms with E-state index in [4.69, 9.17) is 4.74 Å². The van der Waals surface area contributed by atoms with Gasteiger partial charge in [0.1, 0.15) is 10.8 Å². The van der Waals surface area contributed by atoms with Crippen molar-refractivity contribution in [1.29, 1.82) is 0 Å². The largest absolute Gasteiger partial charge is 0.496 e. The van der Waals surface area contributed by atoms with E-state index in [-0.39, 0.29) is 5.91 Å². The highest BCUT2D eigenvalue weighted by molar-refractivity contribution is 7.13. The summed E-state index contributed by atoms with van der Waals surface area (Å²) < 4.78 is 5.40. The Labute approximate surface area is 163 Å². The number of aryl methyl sites for hydroxylation is 1. The third-order valence-corrected chi connectivity index (χ3v) is 5.32. The minimum Gasteiger partial charge on any atom is -0.496 e. The van der Waals surface area contributed by atoms with Gasteiger partial charge >= 0.3 is 0 Å². The lowest BCUT2D eigenvalue weighted by atomic mass is 10.2. The number of benzene rings is 1. The van der Waals surface area contributed by atoms with Crippen LogP contribution in [-0.2, 0) is 17.6 Å². The molecule has 0 aliphatic rings. The molecule has 140 valence electrons. The molecule has 1 amide bonds. The molecule has 1 aromatic carbocycles. The van der Waals surface area contributed by atoms with Crippen molar-refractivity contribution < 1.29 is 9.53 Å². The second kappa shape index (κ2) is 9.28. The highest BCUT2D eigenvalue weighted by atomic mass is 32.1. The lowest BCUT2D eigenvalue weighted by Gasteiger charge is -2.16. The van der Waals surface area contributed by atoms with E-state index < -0.39 is 0 Å². The second-order valence-corrected chi connectivity index (χ2v) is 7.12. The molecule has 2 heterocycles. The van der Waals surface area contributed by atoms with Crippen molar-refractivity contribution in [2.24, 2.45) is 0 Å². The Balaban J connectivity index is 1.52. The molecule has 0 aliphatic carbocycles. The van der Waals surface area contributed by atoms with E-state index in [0.29, 0.717) is 19.4 Å². The van der Waals surface area contributed by atoms with E-state index in [0.717, 1.165) is 28.4 Å². The summed E-state index contributed by atoms with van der Waals surface area (Å²) in [5, 5.41) is 2.94. The van der Waals surface area contributed by atoms with Gasteiger partial charge in [0, 0.05) is 37.8 Å². The zero-order valence-corrected chi connectivity index (χ0v) is 16.4. The fourth-order valence-corrected chi connectivity index (χ4v) is 3.65. The molecule has 0 unspecified atom stereocenters. The van der Waals surface area contributed by atoms with Gasteiger partial charge in [-0.1, -0.05) is 12.1 Å². The summed E-state index contributed by atoms with van der Waals surface area (Å²) in [6, 6.07) is 11.8. The minimum absolute atomic E-state index is 0.135. The number of hydrogen-bond donors (Lipinski definition) is 0. The van der Waals surface area contributed by atoms with Crippen LogP contribution in [0.15, 0.2) is 54.2 Å². The molecular weight excluding hydrogens is 358 g/mol. The number of pyridine rings is 1. The summed E-state index contributed by atoms with van der Waals surface area (Å²) >= 11 is 1.58. The van der Waals surface area contributed by atoms with Crippen molar-refractivity contribution in [1.82, 2.24) is 14.9 Å². The third-order valence-electron chi connectivity index (χ3n) is 4.40. The zero-order valence-electron chi connectivity index (χ0n) is 15.6. The van der Waals surface area contributed by atoms with Gasteiger partial charge < -0.3 is 9.64 Å². The predicted octanol–water partition coefficient (Wildman–Crippen LogP) is 3.85. The van der Waals surface area contributed by atoms with Crippen LogP contribution < -0.4 is 4.74 Å². The number of aromatic nitrogens is 2. The molecule has 0 radical (unpaired) electrons. The Morgan fingerprint density at radius 3 is 2.70 bits per heavy atom. The molecule has 0 saturated carbocycles. The van der Waals surface area contributed by atoms with Crippen LogP contribution in [-0.4, -0.2) is 41.5 Å². The lowest BCUT2D eigenvalue weighted by molar-refractivity contribution is -0.129. The Bertz CT molecular complexity index is 880. The average molecular weight is 382 g/mol. The Hall–Kier alpha value is -2.73. The maximum Gasteiger partial charge on any atom is 0.222 e. The van der Waals surface area contributed by atoms with Crippen LogP contribution in [0, 0.1) is 0 Å². The summed E-state index contributed by atoms with van der Waals surface area (Å²) in [6.45, 7) is 0.701. The van der Waals surface area contributed by atoms with Crippen LogP contribution in [0.4, 0.5) is 0 Å². The highest BCUT2D eigenvalue weighted by Gasteiger charge is 2.13. The quantitative estimate of drug-likeness (QED) is 0.595. The first-order valence-electron chi connectivity index (χ1n) is 8.88. The molecule has 0 fully saturated rings. The first-order chi connectivity index (χ1) is 13.2. The molecule has 0 saturated heterocycles. The van der Waals surface area contributed by atoms with Crippen LogP contribution in [0.3, 0.4) is 0 Å². The molecule has 0 aliphatic heterocycles. The van der Waals surface area contributed by atoms with E-state index in [9.17, 15) is 4.79 Å². The van der Waals surface area contributed by atoms with E-state index >= 15 is 0 Å². The molecule has 27 heavy (non-hydrogen) atoms. The second-order valence-electron chi connectivity index (χ2n) is 6.27. The van der Waals surface area contributed by atoms with Gasteiger partial charge in [-0.2, -0.15) is 0 Å². The number of hydrogen-bond acceptors (Lipinski definition) is 5. The highest BCUT2D eigenvalue weighted by Crippen LogP contribution is 2.32. The molecular formula is C21H23N3O2S. The van der Waals surface area contributed by atoms with Gasteiger partial charge in [0.25, 0.3) is 0 Å². The van der Waals surface area contributed by atoms with Crippen LogP contribution in [0.1, 0.15) is 17.7 Å². The van der Waals surface area contributed by atoms with Gasteiger partial charge in [0.2, 0.25) is 5.91 Å². The monoisotopic (exact) mass is 381 g/mol. The Morgan fingerprint density at radius 2 is 1.93 bits per heavy atom. The third kappa shape index (κ3) is 5.14. The maximum atomic E-state index is 12.4. The molecule has 0 atom stereocenters. The number of methoxy groups -OCH3 is 1. The van der Waals surface area contributed by atoms with Crippen LogP contribution >= 0.6 is 11.3 Å². The lowest BCUT2D eigenvalue weighted by Crippen LogP contribution is -2.29. The van der Waals surface area contributed by atoms with E-state index in [1.165, 1.54) is 5.56 Å². The molecule has 0 N–H and O–H groups in total. The van der Waals surface area contributed by atoms with Gasteiger partial charge in [-0.15, -0.1) is 11.3 Å². The van der Waals surface area contributed by atoms with Crippen LogP contribution in [0.2, 0.25) is 0 Å². The topological polar surface area (TPSA) is 55.3 Å². The van der Waals surface area contributed by atoms with Gasteiger partial charge in [-0.25, -0.2) is 4.98 Å². The number of carbonyl (C=O) groups excluding carboxylic acids is 1. The first kappa shape index (κ1) is 19.0. The zero-order chi connectivity index (χ0) is 19.1. The molecule has 2 aromatic heterocycles. The van der Waals surface area contributed by atoms with Crippen molar-refractivity contribution >= 4 is 17.2 Å². The summed E-state index contributed by atoms with van der Waals surface area (Å²) in [7, 11) is 3.51. The predicted molar refractivity (Wildman–Crippen MR) is 108 cm³/mol. The average Bonchev–Trinajstić information content (AvgIpc) is 3.19. The van der Waals surface area contributed by atoms with Gasteiger partial charge in [-0.05, 0) is 42.7 Å². The van der Waals surface area contributed by atoms with Crippen LogP contribution in [0.25, 0.3) is 10.6 Å². The summed E-state index contributed by atoms with van der Waals surface area (Å²) in [5.41, 5.74) is 3.11. The number of thiazole rings is 1. The summed E-state index contributed by atoms with van der Waals surface area (Å²) in [6.07, 6.45) is 5.49. The number of rotatable bonds is 8. The SMILES string of the molecule is COc1ccccc1-c1nc(CCC(=O)N(C)CCc2ccncc2)cs1. The van der Waals surface area contributed by atoms with Crippen LogP contribution in [0.5, 0.6) is 5.75 Å². The first-order valence-corrected chi connectivity index (χ1v) is 9.76.